The minimum absolute atomic E-state index is 0.0698. The van der Waals surface area contributed by atoms with Crippen LogP contribution in [0.4, 0.5) is 8.78 Å². The summed E-state index contributed by atoms with van der Waals surface area (Å²) < 4.78 is 55.2. The Balaban J connectivity index is 2.38. The zero-order chi connectivity index (χ0) is 14.9. The first-order valence-corrected chi connectivity index (χ1v) is 7.65. The summed E-state index contributed by atoms with van der Waals surface area (Å²) in [5.41, 5.74) is 0.912. The lowest BCUT2D eigenvalue weighted by molar-refractivity contribution is 0.478. The van der Waals surface area contributed by atoms with Crippen LogP contribution in [0.15, 0.2) is 45.8 Å². The second-order valence-corrected chi connectivity index (χ2v) is 6.45. The summed E-state index contributed by atoms with van der Waals surface area (Å²) in [6.45, 7) is 1.83. The summed E-state index contributed by atoms with van der Waals surface area (Å²) in [6.07, 6.45) is 0. The molecule has 20 heavy (non-hydrogen) atoms. The Hall–Kier alpha value is -1.47. The molecule has 0 aromatic heterocycles. The van der Waals surface area contributed by atoms with Gasteiger partial charge in [0.2, 0.25) is 0 Å². The summed E-state index contributed by atoms with van der Waals surface area (Å²) in [6, 6.07) is 7.06. The van der Waals surface area contributed by atoms with E-state index in [1.54, 1.807) is 12.1 Å². The summed E-state index contributed by atoms with van der Waals surface area (Å²) in [7, 11) is -4.22. The van der Waals surface area contributed by atoms with Crippen LogP contribution < -0.4 is 4.18 Å². The number of benzene rings is 2. The van der Waals surface area contributed by atoms with Crippen LogP contribution in [0.2, 0.25) is 0 Å². The molecule has 106 valence electrons. The van der Waals surface area contributed by atoms with Crippen molar-refractivity contribution in [2.45, 2.75) is 11.8 Å². The van der Waals surface area contributed by atoms with Gasteiger partial charge in [-0.15, -0.1) is 0 Å². The molecule has 0 aliphatic rings. The second kappa shape index (κ2) is 5.49. The third-order valence-corrected chi connectivity index (χ3v) is 4.32. The Morgan fingerprint density at radius 3 is 2.35 bits per heavy atom. The lowest BCUT2D eigenvalue weighted by Crippen LogP contribution is -2.10. The van der Waals surface area contributed by atoms with Gasteiger partial charge < -0.3 is 4.18 Å². The zero-order valence-corrected chi connectivity index (χ0v) is 12.6. The van der Waals surface area contributed by atoms with Gasteiger partial charge >= 0.3 is 10.1 Å². The van der Waals surface area contributed by atoms with Crippen LogP contribution in [0, 0.1) is 18.6 Å². The predicted octanol–water partition coefficient (Wildman–Crippen LogP) is 3.80. The largest absolute Gasteiger partial charge is 0.378 e. The van der Waals surface area contributed by atoms with E-state index in [4.69, 9.17) is 4.18 Å². The summed E-state index contributed by atoms with van der Waals surface area (Å²) in [5, 5.41) is 0. The quantitative estimate of drug-likeness (QED) is 0.779. The number of hydrogen-bond acceptors (Lipinski definition) is 3. The molecule has 0 saturated carbocycles. The number of rotatable bonds is 3. The van der Waals surface area contributed by atoms with Crippen molar-refractivity contribution >= 4 is 26.0 Å². The smallest absolute Gasteiger partial charge is 0.339 e. The van der Waals surface area contributed by atoms with E-state index >= 15 is 0 Å². The van der Waals surface area contributed by atoms with Crippen molar-refractivity contribution in [2.24, 2.45) is 0 Å². The van der Waals surface area contributed by atoms with Gasteiger partial charge in [-0.3, -0.25) is 0 Å². The normalized spacial score (nSPS) is 11.4. The molecule has 0 unspecified atom stereocenters. The van der Waals surface area contributed by atoms with Gasteiger partial charge in [0.1, 0.15) is 4.90 Å². The Morgan fingerprint density at radius 2 is 1.75 bits per heavy atom. The first-order chi connectivity index (χ1) is 9.29. The Bertz CT molecular complexity index is 760. The number of hydrogen-bond donors (Lipinski definition) is 0. The molecule has 2 aromatic rings. The average molecular weight is 363 g/mol. The lowest BCUT2D eigenvalue weighted by atomic mass is 10.2. The molecule has 0 spiro atoms. The highest BCUT2D eigenvalue weighted by atomic mass is 79.9. The van der Waals surface area contributed by atoms with Crippen molar-refractivity contribution in [1.29, 1.82) is 0 Å². The van der Waals surface area contributed by atoms with Gasteiger partial charge in [0, 0.05) is 0 Å². The van der Waals surface area contributed by atoms with Crippen LogP contribution in [0.1, 0.15) is 5.56 Å². The van der Waals surface area contributed by atoms with Gasteiger partial charge in [0.25, 0.3) is 0 Å². The molecule has 2 aromatic carbocycles. The van der Waals surface area contributed by atoms with E-state index in [0.29, 0.717) is 10.5 Å². The Morgan fingerprint density at radius 1 is 1.05 bits per heavy atom. The minimum atomic E-state index is -4.22. The van der Waals surface area contributed by atoms with Gasteiger partial charge in [-0.1, -0.05) is 6.07 Å². The van der Waals surface area contributed by atoms with Crippen LogP contribution in [0.3, 0.4) is 0 Å². The molecular weight excluding hydrogens is 354 g/mol. The maximum Gasteiger partial charge on any atom is 0.339 e. The van der Waals surface area contributed by atoms with Crippen molar-refractivity contribution in [3.05, 3.63) is 58.1 Å². The van der Waals surface area contributed by atoms with Crippen LogP contribution in [-0.4, -0.2) is 8.42 Å². The number of halogens is 3. The lowest BCUT2D eigenvalue weighted by Gasteiger charge is -2.09. The van der Waals surface area contributed by atoms with E-state index in [2.05, 4.69) is 15.9 Å². The highest BCUT2D eigenvalue weighted by Crippen LogP contribution is 2.29. The highest BCUT2D eigenvalue weighted by Gasteiger charge is 2.20. The molecule has 0 atom stereocenters. The summed E-state index contributed by atoms with van der Waals surface area (Å²) in [5.74, 6) is -2.31. The van der Waals surface area contributed by atoms with E-state index in [0.717, 1.165) is 17.7 Å². The second-order valence-electron chi connectivity index (χ2n) is 4.05. The van der Waals surface area contributed by atoms with Crippen molar-refractivity contribution in [3.8, 4) is 5.75 Å². The van der Waals surface area contributed by atoms with Crippen LogP contribution >= 0.6 is 15.9 Å². The van der Waals surface area contributed by atoms with Crippen molar-refractivity contribution < 1.29 is 21.4 Å². The van der Waals surface area contributed by atoms with E-state index in [1.807, 2.05) is 6.92 Å². The van der Waals surface area contributed by atoms with E-state index in [9.17, 15) is 17.2 Å². The molecule has 2 rings (SSSR count). The minimum Gasteiger partial charge on any atom is -0.378 e. The van der Waals surface area contributed by atoms with Gasteiger partial charge in [-0.25, -0.2) is 8.78 Å². The third kappa shape index (κ3) is 3.16. The summed E-state index contributed by atoms with van der Waals surface area (Å²) in [4.78, 5) is -0.455. The molecular formula is C13H9BrF2O3S. The fourth-order valence-corrected chi connectivity index (χ4v) is 3.11. The van der Waals surface area contributed by atoms with E-state index in [-0.39, 0.29) is 5.75 Å². The van der Waals surface area contributed by atoms with Gasteiger partial charge in [0.05, 0.1) is 4.47 Å². The first-order valence-electron chi connectivity index (χ1n) is 5.45. The molecule has 0 N–H and O–H groups in total. The molecule has 0 aliphatic carbocycles. The molecule has 0 amide bonds. The third-order valence-electron chi connectivity index (χ3n) is 2.47. The molecule has 0 bridgehead atoms. The predicted molar refractivity (Wildman–Crippen MR) is 73.1 cm³/mol. The maximum atomic E-state index is 13.1. The van der Waals surface area contributed by atoms with Crippen molar-refractivity contribution in [2.75, 3.05) is 0 Å². The van der Waals surface area contributed by atoms with Crippen molar-refractivity contribution in [1.82, 2.24) is 0 Å². The zero-order valence-electron chi connectivity index (χ0n) is 10.2. The molecule has 7 heteroatoms. The maximum absolute atomic E-state index is 13.1. The highest BCUT2D eigenvalue weighted by molar-refractivity contribution is 9.10. The SMILES string of the molecule is Cc1ccc(OS(=O)(=O)c2ccc(F)c(F)c2)c(Br)c1. The number of aryl methyl sites for hydroxylation is 1. The van der Waals surface area contributed by atoms with E-state index < -0.39 is 26.6 Å². The monoisotopic (exact) mass is 362 g/mol. The first kappa shape index (κ1) is 14.9. The van der Waals surface area contributed by atoms with Crippen LogP contribution in [0.25, 0.3) is 0 Å². The molecule has 0 fully saturated rings. The average Bonchev–Trinajstić information content (AvgIpc) is 2.36. The van der Waals surface area contributed by atoms with Gasteiger partial charge in [-0.05, 0) is 58.7 Å². The molecule has 0 saturated heterocycles. The standard InChI is InChI=1S/C13H9BrF2O3S/c1-8-2-5-13(10(14)6-8)19-20(17,18)9-3-4-11(15)12(16)7-9/h2-7H,1H3. The molecule has 0 radical (unpaired) electrons. The molecule has 0 heterocycles. The molecule has 3 nitrogen and oxygen atoms in total. The Labute approximate surface area is 123 Å². The topological polar surface area (TPSA) is 43.4 Å². The van der Waals surface area contributed by atoms with Crippen molar-refractivity contribution in [3.63, 3.8) is 0 Å². The van der Waals surface area contributed by atoms with Gasteiger partial charge in [0.15, 0.2) is 17.4 Å². The fraction of sp³-hybridized carbons (Fsp3) is 0.0769. The van der Waals surface area contributed by atoms with Crippen LogP contribution in [0.5, 0.6) is 5.75 Å². The van der Waals surface area contributed by atoms with E-state index in [1.165, 1.54) is 6.07 Å². The van der Waals surface area contributed by atoms with Gasteiger partial charge in [-0.2, -0.15) is 8.42 Å². The summed E-state index contributed by atoms with van der Waals surface area (Å²) >= 11 is 3.17. The van der Waals surface area contributed by atoms with Crippen LogP contribution in [-0.2, 0) is 10.1 Å². The Kier molecular flexibility index (Phi) is 4.10. The molecule has 0 aliphatic heterocycles. The fourth-order valence-electron chi connectivity index (χ4n) is 1.47.